The molecule has 0 radical (unpaired) electrons. The van der Waals surface area contributed by atoms with E-state index in [0.717, 1.165) is 133 Å². The van der Waals surface area contributed by atoms with Gasteiger partial charge in [0.15, 0.2) is 0 Å². The van der Waals surface area contributed by atoms with Gasteiger partial charge in [0.25, 0.3) is 28.5 Å². The topological polar surface area (TPSA) is 232 Å². The Kier molecular flexibility index (Phi) is 18.5. The summed E-state index contributed by atoms with van der Waals surface area (Å²) in [6, 6.07) is 10.7. The molecule has 4 N–H and O–H groups in total. The second-order valence-corrected chi connectivity index (χ2v) is 27.2. The number of anilines is 6. The van der Waals surface area contributed by atoms with Gasteiger partial charge in [0.1, 0.15) is 81.9 Å². The summed E-state index contributed by atoms with van der Waals surface area (Å²) in [5, 5.41) is 13.4. The molecule has 87 heavy (non-hydrogen) atoms. The van der Waals surface area contributed by atoms with Gasteiger partial charge in [0.05, 0.1) is 20.8 Å². The summed E-state index contributed by atoms with van der Waals surface area (Å²) in [4.78, 5) is 95.8. The number of hydrogen-bond acceptors (Lipinski definition) is 15. The van der Waals surface area contributed by atoms with Crippen LogP contribution in [-0.2, 0) is 23.5 Å². The molecule has 0 saturated heterocycles. The third-order valence-electron chi connectivity index (χ3n) is 19.4. The number of pyridine rings is 3. The van der Waals surface area contributed by atoms with E-state index in [4.69, 9.17) is 34.8 Å². The van der Waals surface area contributed by atoms with E-state index in [2.05, 4.69) is 72.0 Å². The predicted molar refractivity (Wildman–Crippen MR) is 341 cm³/mol. The Balaban J connectivity index is 0.000000122. The molecule has 9 heterocycles. The van der Waals surface area contributed by atoms with Crippen LogP contribution in [0.5, 0.6) is 0 Å². The first-order valence-electron chi connectivity index (χ1n) is 31.3. The molecule has 6 aromatic heterocycles. The molecule has 15 rings (SSSR count). The van der Waals surface area contributed by atoms with Crippen molar-refractivity contribution in [2.24, 2.45) is 0 Å². The van der Waals surface area contributed by atoms with Crippen LogP contribution in [0.4, 0.5) is 34.5 Å². The smallest absolute Gasteiger partial charge is 0.276 e. The van der Waals surface area contributed by atoms with E-state index in [-0.39, 0.29) is 50.9 Å². The largest absolute Gasteiger partial charge is 0.336 e. The molecule has 9 aliphatic rings. The van der Waals surface area contributed by atoms with Gasteiger partial charge in [0.2, 0.25) is 0 Å². The molecule has 0 bridgehead atoms. The highest BCUT2D eigenvalue weighted by Crippen LogP contribution is 2.50. The second-order valence-electron chi connectivity index (χ2n) is 24.6. The van der Waals surface area contributed by atoms with Crippen molar-refractivity contribution in [2.45, 2.75) is 214 Å². The summed E-state index contributed by atoms with van der Waals surface area (Å²) < 4.78 is 5.29. The van der Waals surface area contributed by atoms with Crippen LogP contribution in [0.2, 0.25) is 15.1 Å². The molecular formula is C63H75BrCl3N15O5. The van der Waals surface area contributed by atoms with Gasteiger partial charge in [-0.25, -0.2) is 29.9 Å². The summed E-state index contributed by atoms with van der Waals surface area (Å²) in [7, 11) is 0. The number of nitrogens with one attached hydrogen (secondary N) is 4. The Hall–Kier alpha value is -6.26. The molecule has 20 nitrogen and oxygen atoms in total. The number of rotatable bonds is 8. The summed E-state index contributed by atoms with van der Waals surface area (Å²) in [6.45, 7) is 0.784. The van der Waals surface area contributed by atoms with Crippen molar-refractivity contribution in [3.8, 4) is 0 Å². The van der Waals surface area contributed by atoms with Crippen LogP contribution in [0.15, 0.2) is 88.4 Å². The lowest BCUT2D eigenvalue weighted by atomic mass is 9.86. The standard InChI is InChI=1S/C21H24ClN5O2.C21H26ClN5O.C16H16ClN5O2.C5H9Br/c22-15-12-16(25-17-8-11-23-13-24-17)19(28)27-18(15)20(29)26(14-6-2-3-7-14)21(27)9-4-1-5-10-21;22-16-12-17(25-19-8-11-23-14-24-19)20(28)27-18(16)13-26(15-6-2-3-7-15)21(27)9-4-1-5-10-21;17-10-8-11(20-12-4-7-18-9-19-12)15(24)22-13(10)14(23)21-16(22)5-2-1-3-6-16;6-5-3-1-2-4-5/h8,11-14H,1-7,9-10H2,(H,23,24,25);8,11-12,14-15H,1-7,9-10,13H2,(H,23,24,25);4,7-9H,1-3,5-6H2,(H,21,23)(H,18,19,20);5H,1-4H2. The van der Waals surface area contributed by atoms with Crippen molar-refractivity contribution in [3.63, 3.8) is 0 Å². The van der Waals surface area contributed by atoms with Crippen LogP contribution in [-0.4, -0.2) is 82.1 Å². The number of alkyl halides is 1. The molecule has 2 amide bonds. The minimum absolute atomic E-state index is 0.0143. The molecule has 24 heteroatoms. The molecule has 3 aliphatic heterocycles. The van der Waals surface area contributed by atoms with Crippen molar-refractivity contribution >= 4 is 97.1 Å². The Labute approximate surface area is 529 Å². The highest BCUT2D eigenvalue weighted by molar-refractivity contribution is 9.09. The van der Waals surface area contributed by atoms with E-state index in [9.17, 15) is 24.0 Å². The summed E-state index contributed by atoms with van der Waals surface area (Å²) in [5.41, 5.74) is 0.764. The third-order valence-corrected chi connectivity index (χ3v) is 21.2. The molecular weight excluding hydrogens is 1230 g/mol. The van der Waals surface area contributed by atoms with Crippen molar-refractivity contribution in [2.75, 3.05) is 16.0 Å². The first-order chi connectivity index (χ1) is 42.3. The van der Waals surface area contributed by atoms with Gasteiger partial charge >= 0.3 is 0 Å². The number of carbonyl (C=O) groups excluding carboxylic acids is 2. The quantitative estimate of drug-likeness (QED) is 0.104. The normalized spacial score (nSPS) is 20.9. The minimum atomic E-state index is -0.658. The maximum atomic E-state index is 13.6. The first-order valence-corrected chi connectivity index (χ1v) is 33.4. The van der Waals surface area contributed by atoms with E-state index in [1.54, 1.807) is 58.1 Å². The fourth-order valence-electron chi connectivity index (χ4n) is 15.5. The van der Waals surface area contributed by atoms with Crippen molar-refractivity contribution < 1.29 is 9.59 Å². The van der Waals surface area contributed by atoms with Gasteiger partial charge in [-0.2, -0.15) is 0 Å². The van der Waals surface area contributed by atoms with Crippen molar-refractivity contribution in [1.29, 1.82) is 0 Å². The van der Waals surface area contributed by atoms with Crippen LogP contribution in [0.25, 0.3) is 0 Å². The highest BCUT2D eigenvalue weighted by Gasteiger charge is 2.55. The fraction of sp³-hybridized carbons (Fsp3) is 0.540. The number of hydrogen-bond donors (Lipinski definition) is 4. The van der Waals surface area contributed by atoms with Crippen LogP contribution < -0.4 is 37.9 Å². The molecule has 6 saturated carbocycles. The molecule has 0 aromatic carbocycles. The Morgan fingerprint density at radius 1 is 0.483 bits per heavy atom. The third kappa shape index (κ3) is 12.1. The summed E-state index contributed by atoms with van der Waals surface area (Å²) >= 11 is 23.2. The van der Waals surface area contributed by atoms with Crippen LogP contribution >= 0.6 is 50.7 Å². The molecule has 6 aromatic rings. The summed E-state index contributed by atoms with van der Waals surface area (Å²) in [5.74, 6) is 1.24. The van der Waals surface area contributed by atoms with Crippen LogP contribution in [0.3, 0.4) is 0 Å². The zero-order valence-corrected chi connectivity index (χ0v) is 52.8. The van der Waals surface area contributed by atoms with Gasteiger partial charge in [-0.1, -0.05) is 109 Å². The Morgan fingerprint density at radius 2 is 0.908 bits per heavy atom. The first kappa shape index (κ1) is 61.0. The maximum absolute atomic E-state index is 13.6. The van der Waals surface area contributed by atoms with Crippen molar-refractivity contribution in [3.05, 3.63) is 137 Å². The SMILES string of the molecule is BrC1CCCC1.O=C1NC2(CCCCC2)n2c1c(Cl)cc(Nc1ccncn1)c2=O.O=C1c2c(Cl)cc(Nc3ccncn3)c(=O)n2C2(CCCCC2)N1C1CCCC1.O=c1c(Nc2ccncn2)cc(Cl)c2n1C1(CCCCC1)N(C1CCCC1)C2. The van der Waals surface area contributed by atoms with Gasteiger partial charge in [-0.15, -0.1) is 0 Å². The number of carbonyl (C=O) groups is 2. The maximum Gasteiger partial charge on any atom is 0.276 e. The van der Waals surface area contributed by atoms with E-state index in [1.165, 1.54) is 82.8 Å². The molecule has 6 fully saturated rings. The minimum Gasteiger partial charge on any atom is -0.336 e. The van der Waals surface area contributed by atoms with Gasteiger partial charge in [0, 0.05) is 42.0 Å². The Morgan fingerprint density at radius 3 is 1.38 bits per heavy atom. The molecule has 0 atom stereocenters. The van der Waals surface area contributed by atoms with Gasteiger partial charge < -0.3 is 26.2 Å². The molecule has 6 aliphatic carbocycles. The average Bonchev–Trinajstić information content (AvgIpc) is 1.59. The van der Waals surface area contributed by atoms with Gasteiger partial charge in [-0.3, -0.25) is 42.6 Å². The van der Waals surface area contributed by atoms with Gasteiger partial charge in [-0.05, 0) is 152 Å². The fourth-order valence-corrected chi connectivity index (χ4v) is 16.9. The van der Waals surface area contributed by atoms with E-state index < -0.39 is 11.3 Å². The number of halogens is 4. The predicted octanol–water partition coefficient (Wildman–Crippen LogP) is 13.2. The number of amides is 2. The van der Waals surface area contributed by atoms with E-state index in [0.29, 0.717) is 56.3 Å². The van der Waals surface area contributed by atoms with Crippen LogP contribution in [0.1, 0.15) is 200 Å². The molecule has 460 valence electrons. The Bertz CT molecular complexity index is 3630. The lowest BCUT2D eigenvalue weighted by molar-refractivity contribution is -0.0240. The summed E-state index contributed by atoms with van der Waals surface area (Å²) in [6.07, 6.45) is 39.0. The zero-order chi connectivity index (χ0) is 60.3. The lowest BCUT2D eigenvalue weighted by Gasteiger charge is -2.45. The lowest BCUT2D eigenvalue weighted by Crippen LogP contribution is -2.54. The average molecular weight is 1310 g/mol. The van der Waals surface area contributed by atoms with Crippen molar-refractivity contribution in [1.82, 2.24) is 58.7 Å². The molecule has 0 unspecified atom stereocenters. The highest BCUT2D eigenvalue weighted by atomic mass is 79.9. The van der Waals surface area contributed by atoms with Crippen LogP contribution in [0, 0.1) is 0 Å². The van der Waals surface area contributed by atoms with E-state index >= 15 is 0 Å². The number of nitrogens with zero attached hydrogens (tertiary/aromatic N) is 11. The number of aromatic nitrogens is 9. The van der Waals surface area contributed by atoms with E-state index in [1.807, 2.05) is 9.47 Å². The number of fused-ring (bicyclic) bond motifs is 6. The second kappa shape index (κ2) is 26.4. The molecule has 3 spiro atoms. The monoisotopic (exact) mass is 1310 g/mol. The zero-order valence-electron chi connectivity index (χ0n) is 48.9.